The molecule has 0 spiro atoms. The van der Waals surface area contributed by atoms with E-state index < -0.39 is 22.0 Å². The Morgan fingerprint density at radius 1 is 1.15 bits per heavy atom. The zero-order valence-corrected chi connectivity index (χ0v) is 14.9. The van der Waals surface area contributed by atoms with Crippen LogP contribution in [0.25, 0.3) is 0 Å². The van der Waals surface area contributed by atoms with E-state index in [9.17, 15) is 18.0 Å². The van der Waals surface area contributed by atoms with Gasteiger partial charge in [0.2, 0.25) is 5.91 Å². The lowest BCUT2D eigenvalue weighted by Gasteiger charge is -2.19. The van der Waals surface area contributed by atoms with Crippen LogP contribution in [0.5, 0.6) is 0 Å². The van der Waals surface area contributed by atoms with Crippen molar-refractivity contribution in [3.8, 4) is 0 Å². The number of methoxy groups -OCH3 is 1. The summed E-state index contributed by atoms with van der Waals surface area (Å²) in [6, 6.07) is 13.0. The molecule has 1 aliphatic heterocycles. The highest BCUT2D eigenvalue weighted by Crippen LogP contribution is 2.26. The first-order valence-electron chi connectivity index (χ1n) is 7.98. The second kappa shape index (κ2) is 7.27. The lowest BCUT2D eigenvalue weighted by molar-refractivity contribution is -0.129. The SMILES string of the molecule is COC(C(=O)NS(=O)(=O)c1ccc2c(c1)CCC(=O)N2)c1ccccc1. The molecule has 0 fully saturated rings. The smallest absolute Gasteiger partial charge is 0.267 e. The molecule has 0 bridgehead atoms. The molecule has 7 nitrogen and oxygen atoms in total. The number of carbonyl (C=O) groups excluding carboxylic acids is 2. The number of ether oxygens (including phenoxy) is 1. The molecule has 0 aliphatic carbocycles. The third kappa shape index (κ3) is 3.76. The Labute approximate surface area is 151 Å². The number of benzene rings is 2. The molecule has 0 radical (unpaired) electrons. The summed E-state index contributed by atoms with van der Waals surface area (Å²) >= 11 is 0. The van der Waals surface area contributed by atoms with Gasteiger partial charge in [0, 0.05) is 19.2 Å². The van der Waals surface area contributed by atoms with Crippen LogP contribution in [0.1, 0.15) is 23.7 Å². The number of hydrogen-bond acceptors (Lipinski definition) is 5. The molecule has 0 saturated carbocycles. The predicted octanol–water partition coefficient (Wildman–Crippen LogP) is 1.76. The van der Waals surface area contributed by atoms with Gasteiger partial charge in [-0.2, -0.15) is 0 Å². The van der Waals surface area contributed by atoms with E-state index in [1.807, 2.05) is 0 Å². The van der Waals surface area contributed by atoms with E-state index in [0.29, 0.717) is 29.7 Å². The average Bonchev–Trinajstić information content (AvgIpc) is 2.62. The molecule has 1 aliphatic rings. The van der Waals surface area contributed by atoms with Gasteiger partial charge in [-0.25, -0.2) is 13.1 Å². The molecule has 3 rings (SSSR count). The average molecular weight is 374 g/mol. The maximum Gasteiger partial charge on any atom is 0.267 e. The highest BCUT2D eigenvalue weighted by molar-refractivity contribution is 7.90. The first kappa shape index (κ1) is 18.1. The highest BCUT2D eigenvalue weighted by atomic mass is 32.2. The summed E-state index contributed by atoms with van der Waals surface area (Å²) in [5.41, 5.74) is 1.85. The standard InChI is InChI=1S/C18H18N2O5S/c1-25-17(12-5-3-2-4-6-12)18(22)20-26(23,24)14-8-9-15-13(11-14)7-10-16(21)19-15/h2-6,8-9,11,17H,7,10H2,1H3,(H,19,21)(H,20,22). The fraction of sp³-hybridized carbons (Fsp3) is 0.222. The van der Waals surface area contributed by atoms with Gasteiger partial charge in [0.15, 0.2) is 6.10 Å². The number of anilines is 1. The predicted molar refractivity (Wildman–Crippen MR) is 94.9 cm³/mol. The fourth-order valence-corrected chi connectivity index (χ4v) is 3.83. The molecule has 2 amide bonds. The highest BCUT2D eigenvalue weighted by Gasteiger charge is 2.27. The monoisotopic (exact) mass is 374 g/mol. The van der Waals surface area contributed by atoms with Crippen molar-refractivity contribution in [3.05, 3.63) is 59.7 Å². The summed E-state index contributed by atoms with van der Waals surface area (Å²) in [5, 5.41) is 2.69. The molecule has 2 aromatic rings. The van der Waals surface area contributed by atoms with Gasteiger partial charge in [0.05, 0.1) is 4.90 Å². The number of carbonyl (C=O) groups is 2. The molecule has 2 N–H and O–H groups in total. The summed E-state index contributed by atoms with van der Waals surface area (Å²) in [5.74, 6) is -0.878. The van der Waals surface area contributed by atoms with Gasteiger partial charge in [-0.3, -0.25) is 9.59 Å². The Kier molecular flexibility index (Phi) is 5.06. The van der Waals surface area contributed by atoms with Crippen LogP contribution in [-0.2, 0) is 30.8 Å². The second-order valence-electron chi connectivity index (χ2n) is 5.86. The Balaban J connectivity index is 1.82. The lowest BCUT2D eigenvalue weighted by Crippen LogP contribution is -2.35. The Morgan fingerprint density at radius 2 is 1.88 bits per heavy atom. The minimum absolute atomic E-state index is 0.0383. The number of aryl methyl sites for hydroxylation is 1. The van der Waals surface area contributed by atoms with Crippen LogP contribution < -0.4 is 10.0 Å². The molecule has 0 aromatic heterocycles. The maximum absolute atomic E-state index is 12.6. The molecule has 2 aromatic carbocycles. The van der Waals surface area contributed by atoms with E-state index in [4.69, 9.17) is 4.74 Å². The van der Waals surface area contributed by atoms with Crippen molar-refractivity contribution in [2.45, 2.75) is 23.8 Å². The second-order valence-corrected chi connectivity index (χ2v) is 7.55. The molecule has 136 valence electrons. The van der Waals surface area contributed by atoms with Crippen LogP contribution in [0.3, 0.4) is 0 Å². The van der Waals surface area contributed by atoms with Crippen LogP contribution >= 0.6 is 0 Å². The van der Waals surface area contributed by atoms with Crippen LogP contribution in [-0.4, -0.2) is 27.3 Å². The maximum atomic E-state index is 12.6. The van der Waals surface area contributed by atoms with Crippen molar-refractivity contribution in [1.82, 2.24) is 4.72 Å². The Morgan fingerprint density at radius 3 is 2.58 bits per heavy atom. The summed E-state index contributed by atoms with van der Waals surface area (Å²) in [7, 11) is -2.72. The topological polar surface area (TPSA) is 102 Å². The first-order chi connectivity index (χ1) is 12.4. The summed E-state index contributed by atoms with van der Waals surface area (Å²) in [4.78, 5) is 23.8. The lowest BCUT2D eigenvalue weighted by atomic mass is 10.0. The molecule has 1 heterocycles. The van der Waals surface area contributed by atoms with Crippen molar-refractivity contribution in [3.63, 3.8) is 0 Å². The van der Waals surface area contributed by atoms with Crippen LogP contribution in [0.4, 0.5) is 5.69 Å². The van der Waals surface area contributed by atoms with E-state index in [2.05, 4.69) is 10.0 Å². The summed E-state index contributed by atoms with van der Waals surface area (Å²) in [6.45, 7) is 0. The van der Waals surface area contributed by atoms with Gasteiger partial charge >= 0.3 is 0 Å². The van der Waals surface area contributed by atoms with Gasteiger partial charge in [-0.05, 0) is 35.7 Å². The van der Waals surface area contributed by atoms with Crippen LogP contribution in [0.15, 0.2) is 53.4 Å². The van der Waals surface area contributed by atoms with Gasteiger partial charge in [0.25, 0.3) is 15.9 Å². The van der Waals surface area contributed by atoms with E-state index in [1.54, 1.807) is 30.3 Å². The van der Waals surface area contributed by atoms with Crippen molar-refractivity contribution in [2.24, 2.45) is 0 Å². The van der Waals surface area contributed by atoms with Crippen molar-refractivity contribution in [1.29, 1.82) is 0 Å². The van der Waals surface area contributed by atoms with E-state index in [0.717, 1.165) is 0 Å². The molecule has 1 atom stereocenters. The molecule has 8 heteroatoms. The zero-order valence-electron chi connectivity index (χ0n) is 14.1. The van der Waals surface area contributed by atoms with Crippen LogP contribution in [0, 0.1) is 0 Å². The zero-order chi connectivity index (χ0) is 18.7. The van der Waals surface area contributed by atoms with Crippen molar-refractivity contribution >= 4 is 27.5 Å². The van der Waals surface area contributed by atoms with Gasteiger partial charge in [-0.1, -0.05) is 30.3 Å². The van der Waals surface area contributed by atoms with Crippen LogP contribution in [0.2, 0.25) is 0 Å². The number of rotatable bonds is 5. The number of sulfonamides is 1. The largest absolute Gasteiger partial charge is 0.367 e. The quantitative estimate of drug-likeness (QED) is 0.830. The number of hydrogen-bond donors (Lipinski definition) is 2. The van der Waals surface area contributed by atoms with E-state index in [-0.39, 0.29) is 10.8 Å². The molecule has 0 saturated heterocycles. The molecular weight excluding hydrogens is 356 g/mol. The van der Waals surface area contributed by atoms with Gasteiger partial charge in [-0.15, -0.1) is 0 Å². The fourth-order valence-electron chi connectivity index (χ4n) is 2.79. The molecular formula is C18H18N2O5S. The number of nitrogens with one attached hydrogen (secondary N) is 2. The third-order valence-corrected chi connectivity index (χ3v) is 5.44. The Bertz CT molecular complexity index is 941. The normalized spacial score (nSPS) is 14.9. The summed E-state index contributed by atoms with van der Waals surface area (Å²) in [6.07, 6.45) is -0.297. The minimum atomic E-state index is -4.06. The van der Waals surface area contributed by atoms with E-state index in [1.165, 1.54) is 25.3 Å². The van der Waals surface area contributed by atoms with Crippen molar-refractivity contribution in [2.75, 3.05) is 12.4 Å². The molecule has 26 heavy (non-hydrogen) atoms. The Hall–Kier alpha value is -2.71. The van der Waals surface area contributed by atoms with Gasteiger partial charge < -0.3 is 10.1 Å². The van der Waals surface area contributed by atoms with E-state index >= 15 is 0 Å². The first-order valence-corrected chi connectivity index (χ1v) is 9.46. The number of amides is 2. The molecule has 1 unspecified atom stereocenters. The minimum Gasteiger partial charge on any atom is -0.367 e. The van der Waals surface area contributed by atoms with Crippen molar-refractivity contribution < 1.29 is 22.7 Å². The third-order valence-electron chi connectivity index (χ3n) is 4.09. The number of fused-ring (bicyclic) bond motifs is 1. The van der Waals surface area contributed by atoms with Gasteiger partial charge in [0.1, 0.15) is 0 Å². The summed E-state index contributed by atoms with van der Waals surface area (Å²) < 4.78 is 32.4.